The van der Waals surface area contributed by atoms with Gasteiger partial charge in [-0.05, 0) is 48.9 Å². The normalized spacial score (nSPS) is 11.4. The SMILES string of the molecule is C/C(=N/OCc1ccc(F)cc1)c1cccc(Nc2ncnc3ccccc23)c1. The molecule has 0 aliphatic carbocycles. The zero-order valence-corrected chi connectivity index (χ0v) is 15.8. The molecule has 1 heterocycles. The second kappa shape index (κ2) is 8.48. The highest BCUT2D eigenvalue weighted by molar-refractivity contribution is 5.99. The van der Waals surface area contributed by atoms with Crippen molar-refractivity contribution in [1.29, 1.82) is 0 Å². The number of para-hydroxylation sites is 1. The van der Waals surface area contributed by atoms with Crippen LogP contribution in [-0.4, -0.2) is 15.7 Å². The largest absolute Gasteiger partial charge is 0.391 e. The number of nitrogens with zero attached hydrogens (tertiary/aromatic N) is 3. The van der Waals surface area contributed by atoms with Crippen LogP contribution in [0.2, 0.25) is 0 Å². The Morgan fingerprint density at radius 3 is 2.69 bits per heavy atom. The minimum Gasteiger partial charge on any atom is -0.391 e. The third-order valence-corrected chi connectivity index (χ3v) is 4.43. The summed E-state index contributed by atoms with van der Waals surface area (Å²) < 4.78 is 13.0. The molecule has 0 atom stereocenters. The maximum absolute atomic E-state index is 13.0. The Balaban J connectivity index is 1.48. The zero-order valence-electron chi connectivity index (χ0n) is 15.8. The van der Waals surface area contributed by atoms with Gasteiger partial charge in [-0.15, -0.1) is 0 Å². The first-order valence-corrected chi connectivity index (χ1v) is 9.17. The van der Waals surface area contributed by atoms with Crippen molar-refractivity contribution in [3.8, 4) is 0 Å². The molecule has 1 N–H and O–H groups in total. The summed E-state index contributed by atoms with van der Waals surface area (Å²) in [6, 6.07) is 21.9. The second-order valence-electron chi connectivity index (χ2n) is 6.52. The number of rotatable bonds is 6. The van der Waals surface area contributed by atoms with Crippen molar-refractivity contribution in [2.24, 2.45) is 5.16 Å². The molecule has 144 valence electrons. The maximum Gasteiger partial charge on any atom is 0.142 e. The van der Waals surface area contributed by atoms with Crippen LogP contribution in [0.5, 0.6) is 0 Å². The lowest BCUT2D eigenvalue weighted by molar-refractivity contribution is 0.130. The molecule has 0 unspecified atom stereocenters. The summed E-state index contributed by atoms with van der Waals surface area (Å²) in [5.74, 6) is 0.476. The van der Waals surface area contributed by atoms with Crippen LogP contribution in [0.25, 0.3) is 10.9 Å². The number of fused-ring (bicyclic) bond motifs is 1. The van der Waals surface area contributed by atoms with E-state index in [1.54, 1.807) is 18.5 Å². The quantitative estimate of drug-likeness (QED) is 0.353. The minimum absolute atomic E-state index is 0.269. The number of nitrogens with one attached hydrogen (secondary N) is 1. The number of halogens is 1. The predicted molar refractivity (Wildman–Crippen MR) is 113 cm³/mol. The van der Waals surface area contributed by atoms with E-state index in [1.807, 2.05) is 55.5 Å². The van der Waals surface area contributed by atoms with Crippen molar-refractivity contribution in [3.05, 3.63) is 96.1 Å². The molecule has 29 heavy (non-hydrogen) atoms. The molecule has 0 spiro atoms. The summed E-state index contributed by atoms with van der Waals surface area (Å²) in [6.45, 7) is 2.16. The first-order chi connectivity index (χ1) is 14.2. The Kier molecular flexibility index (Phi) is 5.42. The Hall–Kier alpha value is -3.80. The van der Waals surface area contributed by atoms with Crippen molar-refractivity contribution in [2.45, 2.75) is 13.5 Å². The van der Waals surface area contributed by atoms with Gasteiger partial charge in [0.15, 0.2) is 0 Å². The van der Waals surface area contributed by atoms with E-state index in [4.69, 9.17) is 4.84 Å². The Labute approximate surface area is 167 Å². The smallest absolute Gasteiger partial charge is 0.142 e. The van der Waals surface area contributed by atoms with Crippen LogP contribution in [0.1, 0.15) is 18.1 Å². The average Bonchev–Trinajstić information content (AvgIpc) is 2.75. The van der Waals surface area contributed by atoms with Crippen molar-refractivity contribution >= 4 is 28.1 Å². The molecular weight excluding hydrogens is 367 g/mol. The third-order valence-electron chi connectivity index (χ3n) is 4.43. The number of hydrogen-bond acceptors (Lipinski definition) is 5. The van der Waals surface area contributed by atoms with Crippen LogP contribution in [0.4, 0.5) is 15.9 Å². The van der Waals surface area contributed by atoms with Gasteiger partial charge < -0.3 is 10.2 Å². The van der Waals surface area contributed by atoms with Crippen LogP contribution >= 0.6 is 0 Å². The summed E-state index contributed by atoms with van der Waals surface area (Å²) in [6.07, 6.45) is 1.55. The van der Waals surface area contributed by atoms with Crippen LogP contribution in [0.15, 0.2) is 84.3 Å². The van der Waals surface area contributed by atoms with Gasteiger partial charge in [-0.3, -0.25) is 0 Å². The first-order valence-electron chi connectivity index (χ1n) is 9.17. The number of aromatic nitrogens is 2. The Morgan fingerprint density at radius 1 is 1.00 bits per heavy atom. The molecule has 1 aromatic heterocycles. The van der Waals surface area contributed by atoms with Gasteiger partial charge in [0.2, 0.25) is 0 Å². The fourth-order valence-corrected chi connectivity index (χ4v) is 2.90. The van der Waals surface area contributed by atoms with Crippen LogP contribution in [0.3, 0.4) is 0 Å². The molecular formula is C23H19FN4O. The molecule has 0 saturated carbocycles. The van der Waals surface area contributed by atoms with Gasteiger partial charge in [0.05, 0.1) is 11.2 Å². The van der Waals surface area contributed by atoms with Gasteiger partial charge in [-0.2, -0.15) is 0 Å². The van der Waals surface area contributed by atoms with E-state index >= 15 is 0 Å². The molecule has 4 aromatic rings. The van der Waals surface area contributed by atoms with Gasteiger partial charge in [0.25, 0.3) is 0 Å². The first kappa shape index (κ1) is 18.6. The zero-order chi connectivity index (χ0) is 20.1. The van der Waals surface area contributed by atoms with Crippen molar-refractivity contribution < 1.29 is 9.23 Å². The molecule has 5 nitrogen and oxygen atoms in total. The summed E-state index contributed by atoms with van der Waals surface area (Å²) in [5, 5.41) is 8.48. The fraction of sp³-hybridized carbons (Fsp3) is 0.0870. The molecule has 0 aliphatic rings. The molecule has 0 saturated heterocycles. The van der Waals surface area contributed by atoms with Crippen LogP contribution < -0.4 is 5.32 Å². The van der Waals surface area contributed by atoms with Gasteiger partial charge in [0, 0.05) is 16.6 Å². The van der Waals surface area contributed by atoms with E-state index in [-0.39, 0.29) is 12.4 Å². The lowest BCUT2D eigenvalue weighted by atomic mass is 10.1. The van der Waals surface area contributed by atoms with E-state index < -0.39 is 0 Å². The molecule has 0 fully saturated rings. The Bertz CT molecular complexity index is 1150. The van der Waals surface area contributed by atoms with Crippen molar-refractivity contribution in [1.82, 2.24) is 9.97 Å². The predicted octanol–water partition coefficient (Wildman–Crippen LogP) is 5.45. The highest BCUT2D eigenvalue weighted by atomic mass is 19.1. The van der Waals surface area contributed by atoms with Crippen molar-refractivity contribution in [3.63, 3.8) is 0 Å². The molecule has 6 heteroatoms. The number of benzene rings is 3. The lowest BCUT2D eigenvalue weighted by Crippen LogP contribution is -2.00. The monoisotopic (exact) mass is 386 g/mol. The number of anilines is 2. The average molecular weight is 386 g/mol. The second-order valence-corrected chi connectivity index (χ2v) is 6.52. The molecule has 0 radical (unpaired) electrons. The standard InChI is InChI=1S/C23H19FN4O/c1-16(28-29-14-17-9-11-19(24)12-10-17)18-5-4-6-20(13-18)27-23-21-7-2-3-8-22(21)25-15-26-23/h2-13,15H,14H2,1H3,(H,25,26,27)/b28-16-. The third kappa shape index (κ3) is 4.55. The summed E-state index contributed by atoms with van der Waals surface area (Å²) >= 11 is 0. The summed E-state index contributed by atoms with van der Waals surface area (Å²) in [7, 11) is 0. The summed E-state index contributed by atoms with van der Waals surface area (Å²) in [4.78, 5) is 14.1. The molecule has 3 aromatic carbocycles. The molecule has 4 rings (SSSR count). The molecule has 0 aliphatic heterocycles. The molecule has 0 bridgehead atoms. The van der Waals surface area contributed by atoms with Crippen molar-refractivity contribution in [2.75, 3.05) is 5.32 Å². The number of oxime groups is 1. The van der Waals surface area contributed by atoms with Gasteiger partial charge >= 0.3 is 0 Å². The highest BCUT2D eigenvalue weighted by Gasteiger charge is 2.05. The van der Waals surface area contributed by atoms with Gasteiger partial charge in [0.1, 0.15) is 24.6 Å². The van der Waals surface area contributed by atoms with E-state index in [1.165, 1.54) is 12.1 Å². The molecule has 0 amide bonds. The number of hydrogen-bond donors (Lipinski definition) is 1. The van der Waals surface area contributed by atoms with Gasteiger partial charge in [-0.1, -0.05) is 41.6 Å². The van der Waals surface area contributed by atoms with Crippen LogP contribution in [-0.2, 0) is 11.4 Å². The summed E-state index contributed by atoms with van der Waals surface area (Å²) in [5.41, 5.74) is 4.29. The maximum atomic E-state index is 13.0. The van der Waals surface area contributed by atoms with E-state index in [9.17, 15) is 4.39 Å². The van der Waals surface area contributed by atoms with E-state index in [2.05, 4.69) is 20.4 Å². The topological polar surface area (TPSA) is 59.4 Å². The van der Waals surface area contributed by atoms with Gasteiger partial charge in [-0.25, -0.2) is 14.4 Å². The Morgan fingerprint density at radius 2 is 1.83 bits per heavy atom. The van der Waals surface area contributed by atoms with E-state index in [0.717, 1.165) is 39.2 Å². The lowest BCUT2D eigenvalue weighted by Gasteiger charge is -2.10. The van der Waals surface area contributed by atoms with Crippen LogP contribution in [0, 0.1) is 5.82 Å². The van der Waals surface area contributed by atoms with E-state index in [0.29, 0.717) is 0 Å². The fourth-order valence-electron chi connectivity index (χ4n) is 2.90. The minimum atomic E-state index is -0.269. The highest BCUT2D eigenvalue weighted by Crippen LogP contribution is 2.23.